The van der Waals surface area contributed by atoms with Crippen molar-refractivity contribution in [3.8, 4) is 0 Å². The molecule has 0 saturated carbocycles. The number of hydrogen-bond donors (Lipinski definition) is 3. The lowest BCUT2D eigenvalue weighted by Gasteiger charge is -2.23. The molecule has 1 amide bonds. The van der Waals surface area contributed by atoms with Gasteiger partial charge in [0.1, 0.15) is 23.5 Å². The molecule has 1 atom stereocenters. The number of nitrogens with one attached hydrogen (secondary N) is 3. The fourth-order valence-corrected chi connectivity index (χ4v) is 2.01. The summed E-state index contributed by atoms with van der Waals surface area (Å²) in [5, 5.41) is 9.07. The molecule has 0 aliphatic carbocycles. The molecule has 0 spiro atoms. The predicted molar refractivity (Wildman–Crippen MR) is 75.3 cm³/mol. The summed E-state index contributed by atoms with van der Waals surface area (Å²) in [4.78, 5) is 20.6. The quantitative estimate of drug-likeness (QED) is 0.764. The van der Waals surface area contributed by atoms with E-state index in [1.165, 1.54) is 0 Å². The van der Waals surface area contributed by atoms with Gasteiger partial charge in [0, 0.05) is 25.6 Å². The van der Waals surface area contributed by atoms with Crippen LogP contribution < -0.4 is 16.0 Å². The number of carbonyl (C=O) groups is 1. The van der Waals surface area contributed by atoms with Crippen molar-refractivity contribution >= 4 is 17.5 Å². The summed E-state index contributed by atoms with van der Waals surface area (Å²) in [7, 11) is 1.82. The standard InChI is InChI=1S/C13H21N5O/c1-8(2)12-17-10(14-3)7-11(18-12)16-9-5-4-6-15-13(9)19/h7-9H,4-6H2,1-3H3,(H,15,19)(H2,14,16,17,18). The third kappa shape index (κ3) is 3.33. The summed E-state index contributed by atoms with van der Waals surface area (Å²) < 4.78 is 0. The molecule has 1 unspecified atom stereocenters. The molecule has 1 fully saturated rings. The molecule has 1 aromatic heterocycles. The second-order valence-corrected chi connectivity index (χ2v) is 5.03. The molecule has 1 aromatic rings. The van der Waals surface area contributed by atoms with E-state index in [1.807, 2.05) is 27.0 Å². The third-order valence-electron chi connectivity index (χ3n) is 3.12. The highest BCUT2D eigenvalue weighted by Crippen LogP contribution is 2.18. The Bertz CT molecular complexity index is 460. The number of hydrogen-bond acceptors (Lipinski definition) is 5. The van der Waals surface area contributed by atoms with Gasteiger partial charge in [0.2, 0.25) is 5.91 Å². The number of anilines is 2. The fourth-order valence-electron chi connectivity index (χ4n) is 2.01. The van der Waals surface area contributed by atoms with Gasteiger partial charge < -0.3 is 16.0 Å². The zero-order valence-corrected chi connectivity index (χ0v) is 11.7. The van der Waals surface area contributed by atoms with E-state index in [1.54, 1.807) is 0 Å². The summed E-state index contributed by atoms with van der Waals surface area (Å²) in [5.74, 6) is 2.52. The number of rotatable bonds is 4. The molecule has 6 heteroatoms. The molecule has 104 valence electrons. The lowest BCUT2D eigenvalue weighted by Crippen LogP contribution is -2.44. The van der Waals surface area contributed by atoms with Crippen molar-refractivity contribution in [1.29, 1.82) is 0 Å². The van der Waals surface area contributed by atoms with Crippen LogP contribution in [0, 0.1) is 0 Å². The van der Waals surface area contributed by atoms with Crippen LogP contribution in [-0.4, -0.2) is 35.5 Å². The Balaban J connectivity index is 2.18. The van der Waals surface area contributed by atoms with Crippen molar-refractivity contribution < 1.29 is 4.79 Å². The molecule has 0 radical (unpaired) electrons. The zero-order valence-electron chi connectivity index (χ0n) is 11.7. The number of aromatic nitrogens is 2. The van der Waals surface area contributed by atoms with Crippen molar-refractivity contribution in [1.82, 2.24) is 15.3 Å². The molecule has 0 bridgehead atoms. The number of piperidine rings is 1. The molecule has 3 N–H and O–H groups in total. The lowest BCUT2D eigenvalue weighted by atomic mass is 10.1. The van der Waals surface area contributed by atoms with Gasteiger partial charge in [-0.1, -0.05) is 13.8 Å². The van der Waals surface area contributed by atoms with E-state index >= 15 is 0 Å². The summed E-state index contributed by atoms with van der Waals surface area (Å²) in [6.07, 6.45) is 1.83. The number of amides is 1. The van der Waals surface area contributed by atoms with Crippen LogP contribution in [0.5, 0.6) is 0 Å². The fraction of sp³-hybridized carbons (Fsp3) is 0.615. The van der Waals surface area contributed by atoms with Crippen LogP contribution in [0.1, 0.15) is 38.4 Å². The third-order valence-corrected chi connectivity index (χ3v) is 3.12. The average Bonchev–Trinajstić information content (AvgIpc) is 2.41. The minimum atomic E-state index is -0.201. The summed E-state index contributed by atoms with van der Waals surface area (Å²) in [5.41, 5.74) is 0. The Labute approximate surface area is 113 Å². The van der Waals surface area contributed by atoms with Crippen LogP contribution in [0.4, 0.5) is 11.6 Å². The second kappa shape index (κ2) is 5.86. The average molecular weight is 263 g/mol. The molecular formula is C13H21N5O. The zero-order chi connectivity index (χ0) is 13.8. The lowest BCUT2D eigenvalue weighted by molar-refractivity contribution is -0.123. The highest BCUT2D eigenvalue weighted by Gasteiger charge is 2.22. The molecule has 6 nitrogen and oxygen atoms in total. The highest BCUT2D eigenvalue weighted by atomic mass is 16.2. The topological polar surface area (TPSA) is 78.9 Å². The minimum absolute atomic E-state index is 0.0435. The summed E-state index contributed by atoms with van der Waals surface area (Å²) in [6, 6.07) is 1.63. The largest absolute Gasteiger partial charge is 0.373 e. The van der Waals surface area contributed by atoms with E-state index in [-0.39, 0.29) is 17.9 Å². The van der Waals surface area contributed by atoms with Crippen molar-refractivity contribution in [3.05, 3.63) is 11.9 Å². The maximum absolute atomic E-state index is 11.7. The molecular weight excluding hydrogens is 242 g/mol. The number of carbonyl (C=O) groups excluding carboxylic acids is 1. The molecule has 1 saturated heterocycles. The molecule has 1 aliphatic rings. The van der Waals surface area contributed by atoms with Gasteiger partial charge in [0.05, 0.1) is 0 Å². The first-order valence-electron chi connectivity index (χ1n) is 6.71. The van der Waals surface area contributed by atoms with E-state index < -0.39 is 0 Å². The molecule has 2 heterocycles. The molecule has 2 rings (SSSR count). The van der Waals surface area contributed by atoms with Gasteiger partial charge in [-0.2, -0.15) is 0 Å². The molecule has 19 heavy (non-hydrogen) atoms. The summed E-state index contributed by atoms with van der Waals surface area (Å²) in [6.45, 7) is 4.86. The first kappa shape index (κ1) is 13.6. The first-order chi connectivity index (χ1) is 9.10. The normalized spacial score (nSPS) is 19.2. The van der Waals surface area contributed by atoms with Crippen molar-refractivity contribution in [3.63, 3.8) is 0 Å². The van der Waals surface area contributed by atoms with E-state index in [9.17, 15) is 4.79 Å². The maximum Gasteiger partial charge on any atom is 0.242 e. The second-order valence-electron chi connectivity index (χ2n) is 5.03. The van der Waals surface area contributed by atoms with Crippen LogP contribution >= 0.6 is 0 Å². The van der Waals surface area contributed by atoms with E-state index in [4.69, 9.17) is 0 Å². The van der Waals surface area contributed by atoms with Crippen molar-refractivity contribution in [2.45, 2.75) is 38.6 Å². The van der Waals surface area contributed by atoms with Gasteiger partial charge >= 0.3 is 0 Å². The Morgan fingerprint density at radius 3 is 2.74 bits per heavy atom. The Hall–Kier alpha value is -1.85. The van der Waals surface area contributed by atoms with Crippen molar-refractivity contribution in [2.24, 2.45) is 0 Å². The maximum atomic E-state index is 11.7. The van der Waals surface area contributed by atoms with Crippen molar-refractivity contribution in [2.75, 3.05) is 24.2 Å². The van der Waals surface area contributed by atoms with E-state index in [0.29, 0.717) is 5.82 Å². The highest BCUT2D eigenvalue weighted by molar-refractivity contribution is 5.85. The van der Waals surface area contributed by atoms with Gasteiger partial charge in [-0.05, 0) is 12.8 Å². The monoisotopic (exact) mass is 263 g/mol. The number of nitrogens with zero attached hydrogens (tertiary/aromatic N) is 2. The van der Waals surface area contributed by atoms with E-state index in [2.05, 4.69) is 25.9 Å². The van der Waals surface area contributed by atoms with Crippen LogP contribution in [0.3, 0.4) is 0 Å². The van der Waals surface area contributed by atoms with E-state index in [0.717, 1.165) is 31.0 Å². The predicted octanol–water partition coefficient (Wildman–Crippen LogP) is 1.33. The van der Waals surface area contributed by atoms with Crippen LogP contribution in [0.2, 0.25) is 0 Å². The first-order valence-corrected chi connectivity index (χ1v) is 6.71. The smallest absolute Gasteiger partial charge is 0.242 e. The van der Waals surface area contributed by atoms with Gasteiger partial charge in [0.15, 0.2) is 0 Å². The van der Waals surface area contributed by atoms with Crippen LogP contribution in [-0.2, 0) is 4.79 Å². The van der Waals surface area contributed by atoms with Gasteiger partial charge in [-0.15, -0.1) is 0 Å². The molecule has 0 aromatic carbocycles. The van der Waals surface area contributed by atoms with Crippen LogP contribution in [0.15, 0.2) is 6.07 Å². The minimum Gasteiger partial charge on any atom is -0.373 e. The van der Waals surface area contributed by atoms with Crippen LogP contribution in [0.25, 0.3) is 0 Å². The van der Waals surface area contributed by atoms with Gasteiger partial charge in [-0.3, -0.25) is 4.79 Å². The van der Waals surface area contributed by atoms with Gasteiger partial charge in [0.25, 0.3) is 0 Å². The Morgan fingerprint density at radius 2 is 2.11 bits per heavy atom. The summed E-state index contributed by atoms with van der Waals surface area (Å²) >= 11 is 0. The Morgan fingerprint density at radius 1 is 1.37 bits per heavy atom. The molecule has 1 aliphatic heterocycles. The van der Waals surface area contributed by atoms with Gasteiger partial charge in [-0.25, -0.2) is 9.97 Å². The Kier molecular flexibility index (Phi) is 4.19. The SMILES string of the molecule is CNc1cc(NC2CCCNC2=O)nc(C(C)C)n1.